The van der Waals surface area contributed by atoms with Gasteiger partial charge in [0.15, 0.2) is 0 Å². The number of aromatic nitrogens is 4. The van der Waals surface area contributed by atoms with Gasteiger partial charge in [0.2, 0.25) is 0 Å². The predicted octanol–water partition coefficient (Wildman–Crippen LogP) is 5.15. The van der Waals surface area contributed by atoms with Gasteiger partial charge in [0, 0.05) is 24.2 Å². The lowest BCUT2D eigenvalue weighted by Crippen LogP contribution is -2.28. The van der Waals surface area contributed by atoms with Gasteiger partial charge in [0.25, 0.3) is 0 Å². The zero-order valence-electron chi connectivity index (χ0n) is 17.3. The first-order valence-electron chi connectivity index (χ1n) is 9.58. The number of rotatable bonds is 7. The maximum atomic E-state index is 12.8. The molecule has 0 aliphatic heterocycles. The summed E-state index contributed by atoms with van der Waals surface area (Å²) in [6.45, 7) is 1.69. The molecule has 0 bridgehead atoms. The van der Waals surface area contributed by atoms with Gasteiger partial charge in [0.05, 0.1) is 11.4 Å². The van der Waals surface area contributed by atoms with Gasteiger partial charge in [-0.3, -0.25) is 9.55 Å². The average Bonchev–Trinajstić information content (AvgIpc) is 3.31. The minimum Gasteiger partial charge on any atom is -0.457 e. The lowest BCUT2D eigenvalue weighted by molar-refractivity contribution is -0.0798. The Bertz CT molecular complexity index is 1140. The molecule has 2 N–H and O–H groups in total. The normalized spacial score (nSPS) is 12.6. The number of hydrogen-bond donors (Lipinski definition) is 2. The van der Waals surface area contributed by atoms with Crippen LogP contribution in [0, 0.1) is 0 Å². The van der Waals surface area contributed by atoms with E-state index >= 15 is 0 Å². The van der Waals surface area contributed by atoms with Gasteiger partial charge in [-0.1, -0.05) is 6.08 Å². The van der Waals surface area contributed by atoms with Crippen LogP contribution in [0.2, 0.25) is 0 Å². The number of amides is 2. The van der Waals surface area contributed by atoms with Crippen molar-refractivity contribution < 1.29 is 22.7 Å². The maximum absolute atomic E-state index is 12.8. The molecule has 170 valence electrons. The van der Waals surface area contributed by atoms with Gasteiger partial charge in [-0.15, -0.1) is 10.2 Å². The van der Waals surface area contributed by atoms with E-state index in [0.717, 1.165) is 6.08 Å². The van der Waals surface area contributed by atoms with E-state index < -0.39 is 12.2 Å². The van der Waals surface area contributed by atoms with Gasteiger partial charge >= 0.3 is 12.2 Å². The lowest BCUT2D eigenvalue weighted by Gasteiger charge is -2.13. The molecule has 0 aliphatic rings. The number of carbonyl (C=O) groups is 1. The summed E-state index contributed by atoms with van der Waals surface area (Å²) in [5, 5.41) is 12.3. The SMILES string of the molecule is C\C=C/C(=C(\C=C\C(F)(F)F)NC(=O)Nc1ccc(Oc2ccncc2)cc1)n1cnnc1. The molecule has 3 rings (SSSR count). The number of carbonyl (C=O) groups excluding carboxylic acids is 1. The van der Waals surface area contributed by atoms with Crippen molar-refractivity contribution in [2.75, 3.05) is 5.32 Å². The maximum Gasteiger partial charge on any atom is 0.409 e. The fourth-order valence-corrected chi connectivity index (χ4v) is 2.60. The number of alkyl halides is 3. The molecular formula is C22H19F3N6O2. The molecule has 0 fully saturated rings. The summed E-state index contributed by atoms with van der Waals surface area (Å²) >= 11 is 0. The van der Waals surface area contributed by atoms with Crippen molar-refractivity contribution in [3.8, 4) is 11.5 Å². The van der Waals surface area contributed by atoms with Crippen LogP contribution in [0.1, 0.15) is 6.92 Å². The third-order valence-electron chi connectivity index (χ3n) is 3.98. The topological polar surface area (TPSA) is 94.0 Å². The number of ether oxygens (including phenoxy) is 1. The molecule has 0 saturated heterocycles. The molecular weight excluding hydrogens is 437 g/mol. The first-order chi connectivity index (χ1) is 15.8. The largest absolute Gasteiger partial charge is 0.457 e. The van der Waals surface area contributed by atoms with Crippen molar-refractivity contribution in [1.82, 2.24) is 25.1 Å². The summed E-state index contributed by atoms with van der Waals surface area (Å²) in [7, 11) is 0. The summed E-state index contributed by atoms with van der Waals surface area (Å²) in [5.41, 5.74) is 0.533. The van der Waals surface area contributed by atoms with E-state index in [0.29, 0.717) is 17.2 Å². The second kappa shape index (κ2) is 10.8. The predicted molar refractivity (Wildman–Crippen MR) is 116 cm³/mol. The average molecular weight is 456 g/mol. The van der Waals surface area contributed by atoms with Crippen LogP contribution in [0.5, 0.6) is 11.5 Å². The summed E-state index contributed by atoms with van der Waals surface area (Å²) in [5.74, 6) is 1.13. The minimum atomic E-state index is -4.57. The Morgan fingerprint density at radius 1 is 1.00 bits per heavy atom. The number of nitrogens with one attached hydrogen (secondary N) is 2. The summed E-state index contributed by atoms with van der Waals surface area (Å²) < 4.78 is 45.4. The first-order valence-corrected chi connectivity index (χ1v) is 9.58. The third kappa shape index (κ3) is 7.35. The first kappa shape index (κ1) is 23.3. The van der Waals surface area contributed by atoms with Crippen LogP contribution < -0.4 is 15.4 Å². The molecule has 2 amide bonds. The van der Waals surface area contributed by atoms with E-state index in [2.05, 4.69) is 25.8 Å². The Morgan fingerprint density at radius 2 is 1.64 bits per heavy atom. The second-order valence-corrected chi connectivity index (χ2v) is 6.43. The second-order valence-electron chi connectivity index (χ2n) is 6.43. The molecule has 2 aromatic heterocycles. The third-order valence-corrected chi connectivity index (χ3v) is 3.98. The highest BCUT2D eigenvalue weighted by atomic mass is 19.4. The van der Waals surface area contributed by atoms with Crippen LogP contribution in [0.25, 0.3) is 5.70 Å². The van der Waals surface area contributed by atoms with Crippen molar-refractivity contribution in [2.45, 2.75) is 13.1 Å². The fraction of sp³-hybridized carbons (Fsp3) is 0.0909. The molecule has 0 unspecified atom stereocenters. The Labute approximate surface area is 187 Å². The number of hydrogen-bond acceptors (Lipinski definition) is 5. The number of pyridine rings is 1. The molecule has 0 aliphatic carbocycles. The summed E-state index contributed by atoms with van der Waals surface area (Å²) in [6.07, 6.45) is 5.15. The molecule has 0 spiro atoms. The quantitative estimate of drug-likeness (QED) is 0.480. The van der Waals surface area contributed by atoms with Gasteiger partial charge in [-0.2, -0.15) is 13.2 Å². The summed E-state index contributed by atoms with van der Waals surface area (Å²) in [6, 6.07) is 9.11. The van der Waals surface area contributed by atoms with Crippen molar-refractivity contribution in [2.24, 2.45) is 0 Å². The molecule has 11 heteroatoms. The monoisotopic (exact) mass is 456 g/mol. The standard InChI is InChI=1S/C22H19F3N6O2/c1-2-3-20(31-14-27-28-15-31)19(8-11-22(23,24)25)30-21(32)29-16-4-6-17(7-5-16)33-18-9-12-26-13-10-18/h2-15H,1H3,(H2,29,30,32)/b3-2-,11-8+,20-19-. The van der Waals surface area contributed by atoms with Gasteiger partial charge in [0.1, 0.15) is 24.2 Å². The van der Waals surface area contributed by atoms with Crippen LogP contribution in [0.4, 0.5) is 23.7 Å². The van der Waals surface area contributed by atoms with E-state index in [1.54, 1.807) is 61.8 Å². The zero-order valence-corrected chi connectivity index (χ0v) is 17.3. The van der Waals surface area contributed by atoms with E-state index in [9.17, 15) is 18.0 Å². The Kier molecular flexibility index (Phi) is 7.58. The van der Waals surface area contributed by atoms with Crippen molar-refractivity contribution in [1.29, 1.82) is 0 Å². The molecule has 33 heavy (non-hydrogen) atoms. The van der Waals surface area contributed by atoms with Crippen LogP contribution in [0.15, 0.2) is 91.4 Å². The number of allylic oxidation sites excluding steroid dienone is 5. The minimum absolute atomic E-state index is 0.0295. The smallest absolute Gasteiger partial charge is 0.409 e. The van der Waals surface area contributed by atoms with Crippen molar-refractivity contribution in [3.63, 3.8) is 0 Å². The van der Waals surface area contributed by atoms with E-state index in [4.69, 9.17) is 4.74 Å². The lowest BCUT2D eigenvalue weighted by atomic mass is 10.2. The highest BCUT2D eigenvalue weighted by Gasteiger charge is 2.23. The van der Waals surface area contributed by atoms with E-state index in [-0.39, 0.29) is 17.5 Å². The van der Waals surface area contributed by atoms with Crippen LogP contribution in [-0.2, 0) is 0 Å². The zero-order chi connectivity index (χ0) is 23.7. The molecule has 1 aromatic carbocycles. The van der Waals surface area contributed by atoms with Gasteiger partial charge < -0.3 is 15.4 Å². The van der Waals surface area contributed by atoms with E-state index in [1.807, 2.05) is 0 Å². The Morgan fingerprint density at radius 3 is 2.24 bits per heavy atom. The molecule has 0 radical (unpaired) electrons. The fourth-order valence-electron chi connectivity index (χ4n) is 2.60. The molecule has 8 nitrogen and oxygen atoms in total. The molecule has 2 heterocycles. The highest BCUT2D eigenvalue weighted by Crippen LogP contribution is 2.23. The molecule has 3 aromatic rings. The molecule has 0 atom stereocenters. The summed E-state index contributed by atoms with van der Waals surface area (Å²) in [4.78, 5) is 16.4. The van der Waals surface area contributed by atoms with Gasteiger partial charge in [-0.05, 0) is 55.5 Å². The van der Waals surface area contributed by atoms with Gasteiger partial charge in [-0.25, -0.2) is 4.79 Å². The number of benzene rings is 1. The number of urea groups is 1. The van der Waals surface area contributed by atoms with E-state index in [1.165, 1.54) is 23.3 Å². The number of anilines is 1. The number of halogens is 3. The van der Waals surface area contributed by atoms with Crippen LogP contribution in [0.3, 0.4) is 0 Å². The highest BCUT2D eigenvalue weighted by molar-refractivity contribution is 5.92. The van der Waals surface area contributed by atoms with Crippen LogP contribution in [-0.4, -0.2) is 32.0 Å². The van der Waals surface area contributed by atoms with Crippen molar-refractivity contribution >= 4 is 17.4 Å². The van der Waals surface area contributed by atoms with Crippen molar-refractivity contribution in [3.05, 3.63) is 91.4 Å². The Hall–Kier alpha value is -4.41. The number of nitrogens with zero attached hydrogens (tertiary/aromatic N) is 4. The van der Waals surface area contributed by atoms with Crippen LogP contribution >= 0.6 is 0 Å². The molecule has 0 saturated carbocycles. The Balaban J connectivity index is 1.77.